The first-order chi connectivity index (χ1) is 44.6. The minimum atomic E-state index is -0.667. The molecular weight excluding hydrogens is 1110 g/mol. The average molecular weight is 1180 g/mol. The third-order valence-electron chi connectivity index (χ3n) is 20.8. The van der Waals surface area contributed by atoms with E-state index in [9.17, 15) is 0 Å². The summed E-state index contributed by atoms with van der Waals surface area (Å²) in [6.45, 7) is 12.0. The van der Waals surface area contributed by atoms with E-state index in [4.69, 9.17) is 18.9 Å². The highest BCUT2D eigenvalue weighted by molar-refractivity contribution is 5.98. The molecule has 6 heteroatoms. The smallest absolute Gasteiger partial charge is 0.184 e. The van der Waals surface area contributed by atoms with Crippen LogP contribution in [0.4, 0.5) is 34.1 Å². The molecule has 0 amide bonds. The molecule has 0 unspecified atom stereocenters. The van der Waals surface area contributed by atoms with Crippen LogP contribution in [0.1, 0.15) is 95.9 Å². The van der Waals surface area contributed by atoms with Gasteiger partial charge in [-0.3, -0.25) is 0 Å². The van der Waals surface area contributed by atoms with E-state index in [0.717, 1.165) is 67.5 Å². The summed E-state index contributed by atoms with van der Waals surface area (Å²) in [6.07, 6.45) is -0.626. The molecule has 2 aliphatic heterocycles. The topological polar surface area (TPSA) is 43.4 Å². The second-order valence-corrected chi connectivity index (χ2v) is 26.3. The molecule has 0 aromatic heterocycles. The van der Waals surface area contributed by atoms with Gasteiger partial charge in [0.05, 0.1) is 31.8 Å². The molecule has 4 aliphatic carbocycles. The molecule has 0 N–H and O–H groups in total. The maximum absolute atomic E-state index is 5.85. The number of nitrogens with zero attached hydrogens (tertiary/aromatic N) is 2. The molecule has 6 aliphatic rings. The van der Waals surface area contributed by atoms with Crippen LogP contribution >= 0.6 is 0 Å². The highest BCUT2D eigenvalue weighted by Gasteiger charge is 2.52. The summed E-state index contributed by atoms with van der Waals surface area (Å²) in [5.41, 5.74) is 32.8. The van der Waals surface area contributed by atoms with Crippen molar-refractivity contribution in [1.82, 2.24) is 0 Å². The molecular formula is C85H66N2O4. The molecule has 91 heavy (non-hydrogen) atoms. The van der Waals surface area contributed by atoms with Gasteiger partial charge in [0.2, 0.25) is 0 Å². The SMILES string of the molecule is CC1(C)c2ccccc2-c2ccc(N(c3ccc(-c4ccc(C5OCCO5)cc4)cc3)c3ccc4c(c3)C3(c5ccccc5-4)c4ccccc4-c4ccc(N(c5ccc(-c6ccc(C7OCCO7)cc6)cc5)c5ccc6c(c5)C(C)(C)c5ccccc5-6)cc43)cc21. The summed E-state index contributed by atoms with van der Waals surface area (Å²) in [6, 6.07) is 101. The van der Waals surface area contributed by atoms with E-state index < -0.39 is 5.41 Å². The zero-order valence-electron chi connectivity index (χ0n) is 51.4. The number of fused-ring (bicyclic) bond motifs is 16. The Morgan fingerprint density at radius 2 is 0.505 bits per heavy atom. The Morgan fingerprint density at radius 1 is 0.253 bits per heavy atom. The standard InChI is InChI=1S/C85H66N2O4/c1-83(2)73-17-9-5-13-65(73)69-41-37-61(49-77(69)83)86(59-33-29-55(30-34-59)53-21-25-57(26-22-53)81-88-45-46-89-81)63-39-43-71-67-15-7-11-19-75(67)85(79(71)51-63)76-20-12-8-16-68(76)72-44-40-64(52-80(72)85)87(62-38-42-70-66-14-6-10-18-74(66)84(3,4)78(70)50-62)60-35-31-56(32-36-60)54-23-27-58(28-24-54)82-90-47-48-91-82/h5-44,49-52,81-82H,45-48H2,1-4H3. The molecule has 1 spiro atoms. The van der Waals surface area contributed by atoms with Crippen LogP contribution in [0.25, 0.3) is 66.8 Å². The predicted molar refractivity (Wildman–Crippen MR) is 367 cm³/mol. The Bertz CT molecular complexity index is 4590. The van der Waals surface area contributed by atoms with E-state index in [0.29, 0.717) is 26.4 Å². The van der Waals surface area contributed by atoms with Gasteiger partial charge >= 0.3 is 0 Å². The third-order valence-corrected chi connectivity index (χ3v) is 20.8. The van der Waals surface area contributed by atoms with Gasteiger partial charge in [0.1, 0.15) is 0 Å². The fourth-order valence-corrected chi connectivity index (χ4v) is 16.3. The van der Waals surface area contributed by atoms with Gasteiger partial charge in [-0.2, -0.15) is 0 Å². The molecule has 12 aromatic carbocycles. The van der Waals surface area contributed by atoms with Crippen molar-refractivity contribution in [1.29, 1.82) is 0 Å². The number of anilines is 6. The molecule has 12 aromatic rings. The first kappa shape index (κ1) is 54.1. The number of hydrogen-bond donors (Lipinski definition) is 0. The highest BCUT2D eigenvalue weighted by atomic mass is 16.7. The normalized spacial score (nSPS) is 16.4. The quantitative estimate of drug-likeness (QED) is 0.136. The Balaban J connectivity index is 0.806. The summed E-state index contributed by atoms with van der Waals surface area (Å²) >= 11 is 0. The first-order valence-electron chi connectivity index (χ1n) is 32.1. The molecule has 2 heterocycles. The van der Waals surface area contributed by atoms with Crippen molar-refractivity contribution in [2.45, 2.75) is 56.5 Å². The molecule has 6 nitrogen and oxygen atoms in total. The lowest BCUT2D eigenvalue weighted by atomic mass is 9.70. The van der Waals surface area contributed by atoms with Crippen molar-refractivity contribution in [2.24, 2.45) is 0 Å². The minimum Gasteiger partial charge on any atom is -0.346 e. The van der Waals surface area contributed by atoms with Crippen molar-refractivity contribution in [2.75, 3.05) is 36.2 Å². The molecule has 2 fully saturated rings. The Hall–Kier alpha value is -9.92. The lowest BCUT2D eigenvalue weighted by molar-refractivity contribution is -0.0443. The summed E-state index contributed by atoms with van der Waals surface area (Å²) in [5.74, 6) is 0. The molecule has 0 atom stereocenters. The van der Waals surface area contributed by atoms with E-state index in [1.54, 1.807) is 0 Å². The van der Waals surface area contributed by atoms with Crippen LogP contribution < -0.4 is 9.80 Å². The van der Waals surface area contributed by atoms with Gasteiger partial charge in [0, 0.05) is 56.1 Å². The number of rotatable bonds is 10. The van der Waals surface area contributed by atoms with Crippen molar-refractivity contribution >= 4 is 34.1 Å². The van der Waals surface area contributed by atoms with Gasteiger partial charge in [-0.15, -0.1) is 0 Å². The lowest BCUT2D eigenvalue weighted by Gasteiger charge is -2.34. The van der Waals surface area contributed by atoms with Gasteiger partial charge in [0.15, 0.2) is 12.6 Å². The van der Waals surface area contributed by atoms with Crippen LogP contribution in [0.2, 0.25) is 0 Å². The Kier molecular flexibility index (Phi) is 12.2. The zero-order chi connectivity index (χ0) is 60.7. The van der Waals surface area contributed by atoms with Crippen LogP contribution in [0.15, 0.2) is 267 Å². The van der Waals surface area contributed by atoms with Crippen molar-refractivity contribution in [3.8, 4) is 66.8 Å². The van der Waals surface area contributed by atoms with E-state index in [1.807, 2.05) is 0 Å². The minimum absolute atomic E-state index is 0.194. The van der Waals surface area contributed by atoms with Crippen LogP contribution in [-0.4, -0.2) is 26.4 Å². The Labute approximate surface area is 532 Å². The summed E-state index contributed by atoms with van der Waals surface area (Å²) < 4.78 is 23.4. The largest absolute Gasteiger partial charge is 0.346 e. The van der Waals surface area contributed by atoms with Gasteiger partial charge in [0.25, 0.3) is 0 Å². The summed E-state index contributed by atoms with van der Waals surface area (Å²) in [4.78, 5) is 4.98. The van der Waals surface area contributed by atoms with E-state index in [1.165, 1.54) is 89.0 Å². The molecule has 0 radical (unpaired) electrons. The lowest BCUT2D eigenvalue weighted by Crippen LogP contribution is -2.26. The molecule has 18 rings (SSSR count). The van der Waals surface area contributed by atoms with E-state index in [-0.39, 0.29) is 23.4 Å². The fourth-order valence-electron chi connectivity index (χ4n) is 16.3. The second-order valence-electron chi connectivity index (χ2n) is 26.3. The van der Waals surface area contributed by atoms with Crippen LogP contribution in [0.5, 0.6) is 0 Å². The van der Waals surface area contributed by atoms with Crippen LogP contribution in [-0.2, 0) is 35.2 Å². The Morgan fingerprint density at radius 3 is 0.846 bits per heavy atom. The average Bonchev–Trinajstić information content (AvgIpc) is 1.52. The van der Waals surface area contributed by atoms with Gasteiger partial charge in [-0.1, -0.05) is 222 Å². The molecule has 0 bridgehead atoms. The number of benzene rings is 12. The molecule has 2 saturated heterocycles. The summed E-state index contributed by atoms with van der Waals surface area (Å²) in [7, 11) is 0. The van der Waals surface area contributed by atoms with Gasteiger partial charge < -0.3 is 28.7 Å². The summed E-state index contributed by atoms with van der Waals surface area (Å²) in [5, 5.41) is 0. The van der Waals surface area contributed by atoms with Crippen molar-refractivity contribution in [3.05, 3.63) is 323 Å². The van der Waals surface area contributed by atoms with Crippen molar-refractivity contribution in [3.63, 3.8) is 0 Å². The van der Waals surface area contributed by atoms with Gasteiger partial charge in [-0.25, -0.2) is 0 Å². The number of ether oxygens (including phenoxy) is 4. The van der Waals surface area contributed by atoms with Gasteiger partial charge in [-0.05, 0) is 184 Å². The van der Waals surface area contributed by atoms with Crippen LogP contribution in [0.3, 0.4) is 0 Å². The number of hydrogen-bond acceptors (Lipinski definition) is 6. The maximum atomic E-state index is 5.85. The fraction of sp³-hybridized carbons (Fsp3) is 0.153. The zero-order valence-corrected chi connectivity index (χ0v) is 51.4. The second kappa shape index (κ2) is 20.6. The van der Waals surface area contributed by atoms with Crippen molar-refractivity contribution < 1.29 is 18.9 Å². The molecule has 440 valence electrons. The van der Waals surface area contributed by atoms with Crippen LogP contribution in [0, 0.1) is 0 Å². The third kappa shape index (κ3) is 8.19. The predicted octanol–water partition coefficient (Wildman–Crippen LogP) is 21.0. The van der Waals surface area contributed by atoms with E-state index >= 15 is 0 Å². The highest BCUT2D eigenvalue weighted by Crippen LogP contribution is 2.65. The van der Waals surface area contributed by atoms with E-state index in [2.05, 4.69) is 304 Å². The first-order valence-corrected chi connectivity index (χ1v) is 32.1. The maximum Gasteiger partial charge on any atom is 0.184 e. The monoisotopic (exact) mass is 1180 g/mol. The molecule has 0 saturated carbocycles.